The van der Waals surface area contributed by atoms with Crippen LogP contribution in [0.2, 0.25) is 0 Å². The molecule has 2 fully saturated rings. The molecule has 0 aromatic carbocycles. The molecule has 0 aromatic heterocycles. The van der Waals surface area contributed by atoms with Crippen LogP contribution in [-0.2, 0) is 4.79 Å². The first-order chi connectivity index (χ1) is 13.4. The van der Waals surface area contributed by atoms with E-state index in [1.807, 2.05) is 26.0 Å². The molecule has 0 radical (unpaired) electrons. The summed E-state index contributed by atoms with van der Waals surface area (Å²) in [6.45, 7) is 9.42. The highest BCUT2D eigenvalue weighted by molar-refractivity contribution is 5.89. The molecule has 0 heterocycles. The quantitative estimate of drug-likeness (QED) is 0.526. The van der Waals surface area contributed by atoms with Gasteiger partial charge >= 0.3 is 0 Å². The Balaban J connectivity index is 2.04. The third kappa shape index (κ3) is 3.16. The van der Waals surface area contributed by atoms with Crippen molar-refractivity contribution in [3.05, 3.63) is 23.8 Å². The lowest BCUT2D eigenvalue weighted by molar-refractivity contribution is -0.157. The van der Waals surface area contributed by atoms with E-state index in [4.69, 9.17) is 0 Å². The minimum atomic E-state index is -1.52. The number of hydrogen-bond acceptors (Lipinski definition) is 5. The molecule has 3 aliphatic rings. The Labute approximate surface area is 174 Å². The zero-order valence-electron chi connectivity index (χ0n) is 18.5. The third-order valence-corrected chi connectivity index (χ3v) is 8.91. The smallest absolute Gasteiger partial charge is 0.190 e. The second kappa shape index (κ2) is 7.30. The van der Waals surface area contributed by atoms with Gasteiger partial charge in [0.15, 0.2) is 5.78 Å². The molecule has 2 saturated carbocycles. The summed E-state index contributed by atoms with van der Waals surface area (Å²) in [4.78, 5) is 12.5. The van der Waals surface area contributed by atoms with Gasteiger partial charge in [-0.25, -0.2) is 0 Å². The number of aliphatic hydroxyl groups is 4. The molecule has 3 unspecified atom stereocenters. The van der Waals surface area contributed by atoms with E-state index in [0.717, 1.165) is 12.0 Å². The van der Waals surface area contributed by atoms with Crippen LogP contribution in [0, 0.1) is 34.5 Å². The number of allylic oxidation sites excluding steroid dienone is 2. The van der Waals surface area contributed by atoms with Crippen LogP contribution < -0.4 is 0 Å². The van der Waals surface area contributed by atoms with Crippen LogP contribution in [0.5, 0.6) is 0 Å². The molecule has 5 heteroatoms. The van der Waals surface area contributed by atoms with Crippen LogP contribution in [0.3, 0.4) is 0 Å². The van der Waals surface area contributed by atoms with Crippen LogP contribution >= 0.6 is 0 Å². The number of Topliss-reactive ketones (excluding diaryl/α,β-unsaturated/α-hetero) is 1. The van der Waals surface area contributed by atoms with E-state index in [-0.39, 0.29) is 35.7 Å². The minimum Gasteiger partial charge on any atom is -0.396 e. The zero-order valence-corrected chi connectivity index (χ0v) is 18.5. The maximum Gasteiger partial charge on any atom is 0.190 e. The third-order valence-electron chi connectivity index (χ3n) is 8.91. The first kappa shape index (κ1) is 22.7. The van der Waals surface area contributed by atoms with Gasteiger partial charge in [-0.3, -0.25) is 4.79 Å². The first-order valence-electron chi connectivity index (χ1n) is 11.0. The molecule has 0 bridgehead atoms. The van der Waals surface area contributed by atoms with Crippen LogP contribution in [0.4, 0.5) is 0 Å². The molecule has 3 rings (SSSR count). The van der Waals surface area contributed by atoms with Gasteiger partial charge in [-0.1, -0.05) is 45.4 Å². The molecular formula is C24H38O5. The first-order valence-corrected chi connectivity index (χ1v) is 11.0. The van der Waals surface area contributed by atoms with E-state index in [2.05, 4.69) is 19.9 Å². The summed E-state index contributed by atoms with van der Waals surface area (Å²) in [5, 5.41) is 41.8. The molecule has 8 atom stereocenters. The Kier molecular flexibility index (Phi) is 5.70. The monoisotopic (exact) mass is 406 g/mol. The highest BCUT2D eigenvalue weighted by atomic mass is 16.3. The number of carbonyl (C=O) groups excluding carboxylic acids is 1. The zero-order chi connectivity index (χ0) is 21.8. The molecule has 0 saturated heterocycles. The van der Waals surface area contributed by atoms with Crippen LogP contribution in [0.15, 0.2) is 23.8 Å². The van der Waals surface area contributed by atoms with Gasteiger partial charge in [-0.15, -0.1) is 0 Å². The Morgan fingerprint density at radius 2 is 1.83 bits per heavy atom. The van der Waals surface area contributed by atoms with Crippen molar-refractivity contribution in [3.63, 3.8) is 0 Å². The molecule has 0 amide bonds. The van der Waals surface area contributed by atoms with Crippen molar-refractivity contribution < 1.29 is 25.2 Å². The Morgan fingerprint density at radius 1 is 1.17 bits per heavy atom. The Morgan fingerprint density at radius 3 is 2.38 bits per heavy atom. The highest BCUT2D eigenvalue weighted by Crippen LogP contribution is 2.63. The lowest BCUT2D eigenvalue weighted by Gasteiger charge is -2.55. The predicted octanol–water partition coefficient (Wildman–Crippen LogP) is 2.62. The van der Waals surface area contributed by atoms with Gasteiger partial charge in [0.05, 0.1) is 5.60 Å². The van der Waals surface area contributed by atoms with Gasteiger partial charge in [0.2, 0.25) is 0 Å². The Bertz CT molecular complexity index is 725. The van der Waals surface area contributed by atoms with E-state index < -0.39 is 29.0 Å². The maximum absolute atomic E-state index is 12.5. The second-order valence-corrected chi connectivity index (χ2v) is 10.4. The normalized spacial score (nSPS) is 49.6. The summed E-state index contributed by atoms with van der Waals surface area (Å²) in [6, 6.07) is 0. The van der Waals surface area contributed by atoms with Crippen LogP contribution in [-0.4, -0.2) is 50.6 Å². The average molecular weight is 407 g/mol. The fraction of sp³-hybridized carbons (Fsp3) is 0.792. The van der Waals surface area contributed by atoms with Crippen molar-refractivity contribution in [1.82, 2.24) is 0 Å². The number of aliphatic hydroxyl groups excluding tert-OH is 2. The van der Waals surface area contributed by atoms with Crippen LogP contribution in [0.25, 0.3) is 0 Å². The van der Waals surface area contributed by atoms with Gasteiger partial charge in [0.1, 0.15) is 12.2 Å². The van der Waals surface area contributed by atoms with Gasteiger partial charge in [0, 0.05) is 17.4 Å². The molecule has 0 aromatic rings. The largest absolute Gasteiger partial charge is 0.396 e. The topological polar surface area (TPSA) is 98.0 Å². The predicted molar refractivity (Wildman–Crippen MR) is 112 cm³/mol. The number of hydrogen-bond donors (Lipinski definition) is 4. The number of rotatable bonds is 5. The van der Waals surface area contributed by atoms with Gasteiger partial charge in [-0.2, -0.15) is 0 Å². The fourth-order valence-electron chi connectivity index (χ4n) is 6.99. The van der Waals surface area contributed by atoms with Gasteiger partial charge < -0.3 is 20.4 Å². The van der Waals surface area contributed by atoms with Crippen molar-refractivity contribution in [1.29, 1.82) is 0 Å². The summed E-state index contributed by atoms with van der Waals surface area (Å²) in [7, 11) is 0. The average Bonchev–Trinajstić information content (AvgIpc) is 2.95. The molecule has 4 N–H and O–H groups in total. The molecule has 5 nitrogen and oxygen atoms in total. The van der Waals surface area contributed by atoms with Crippen molar-refractivity contribution in [2.45, 2.75) is 71.5 Å². The van der Waals surface area contributed by atoms with E-state index in [0.29, 0.717) is 19.3 Å². The molecule has 0 spiro atoms. The van der Waals surface area contributed by atoms with Crippen molar-refractivity contribution >= 4 is 5.78 Å². The van der Waals surface area contributed by atoms with Crippen molar-refractivity contribution in [3.8, 4) is 0 Å². The van der Waals surface area contributed by atoms with E-state index >= 15 is 0 Å². The van der Waals surface area contributed by atoms with Gasteiger partial charge in [-0.05, 0) is 62.4 Å². The minimum absolute atomic E-state index is 0.0143. The molecule has 29 heavy (non-hydrogen) atoms. The van der Waals surface area contributed by atoms with Crippen molar-refractivity contribution in [2.24, 2.45) is 34.5 Å². The van der Waals surface area contributed by atoms with E-state index in [1.165, 1.54) is 0 Å². The summed E-state index contributed by atoms with van der Waals surface area (Å²) < 4.78 is 0. The summed E-state index contributed by atoms with van der Waals surface area (Å²) in [6.07, 6.45) is 8.34. The number of fused-ring (bicyclic) bond motifs is 1. The SMILES string of the molecule is CC[C@@]1(C)C([C@@H]2C[C@H](C)C3=C[C@](C)(O)C=C[C@]3(C)C2CO)CCC1(O)C(=O)CO. The summed E-state index contributed by atoms with van der Waals surface area (Å²) in [5.41, 5.74) is -2.34. The van der Waals surface area contributed by atoms with Crippen molar-refractivity contribution in [2.75, 3.05) is 13.2 Å². The molecular weight excluding hydrogens is 368 g/mol. The molecule has 0 aliphatic heterocycles. The molecule has 164 valence electrons. The number of ketones is 1. The maximum atomic E-state index is 12.5. The standard InChI is InChI=1S/C24H38O5/c1-6-23(5)17(7-8-24(23,29)20(27)14-26)16-11-15(2)18-12-21(3,28)9-10-22(18,4)19(16)13-25/h9-10,12,15-17,19,25-26,28-29H,6-8,11,13-14H2,1-5H3/t15-,16-,17?,19?,21+,22-,23-,24?/m0/s1. The summed E-state index contributed by atoms with van der Waals surface area (Å²) >= 11 is 0. The highest BCUT2D eigenvalue weighted by Gasteiger charge is 2.63. The number of carbonyl (C=O) groups is 1. The molecule has 3 aliphatic carbocycles. The lowest BCUT2D eigenvalue weighted by Crippen LogP contribution is -2.55. The summed E-state index contributed by atoms with van der Waals surface area (Å²) in [5.74, 6) is -0.112. The fourth-order valence-corrected chi connectivity index (χ4v) is 6.99. The van der Waals surface area contributed by atoms with Crippen LogP contribution in [0.1, 0.15) is 60.3 Å². The van der Waals surface area contributed by atoms with E-state index in [1.54, 1.807) is 6.92 Å². The van der Waals surface area contributed by atoms with E-state index in [9.17, 15) is 25.2 Å². The Hall–Kier alpha value is -1.01. The van der Waals surface area contributed by atoms with Gasteiger partial charge in [0.25, 0.3) is 0 Å². The second-order valence-electron chi connectivity index (χ2n) is 10.4. The lowest BCUT2D eigenvalue weighted by atomic mass is 9.50.